The summed E-state index contributed by atoms with van der Waals surface area (Å²) in [6, 6.07) is 4.26. The van der Waals surface area contributed by atoms with Crippen molar-refractivity contribution in [3.8, 4) is 0 Å². The first-order chi connectivity index (χ1) is 7.26. The normalized spacial score (nSPS) is 11.9. The van der Waals surface area contributed by atoms with Crippen molar-refractivity contribution >= 4 is 11.3 Å². The number of hydrogen-bond donors (Lipinski definition) is 2. The van der Waals surface area contributed by atoms with Gasteiger partial charge in [-0.15, -0.1) is 11.3 Å². The Bertz CT molecular complexity index is 244. The zero-order valence-electron chi connectivity index (χ0n) is 9.75. The first-order valence-electron chi connectivity index (χ1n) is 5.69. The number of rotatable bonds is 7. The van der Waals surface area contributed by atoms with E-state index in [0.29, 0.717) is 0 Å². The van der Waals surface area contributed by atoms with Crippen molar-refractivity contribution < 1.29 is 0 Å². The molecule has 15 heavy (non-hydrogen) atoms. The first kappa shape index (κ1) is 12.7. The van der Waals surface area contributed by atoms with Crippen molar-refractivity contribution in [2.24, 2.45) is 11.1 Å². The fourth-order valence-corrected chi connectivity index (χ4v) is 2.40. The van der Waals surface area contributed by atoms with Crippen LogP contribution in [-0.2, 0) is 6.54 Å². The summed E-state index contributed by atoms with van der Waals surface area (Å²) in [5, 5.41) is 5.63. The summed E-state index contributed by atoms with van der Waals surface area (Å²) < 4.78 is 0. The van der Waals surface area contributed by atoms with Gasteiger partial charge < -0.3 is 11.1 Å². The van der Waals surface area contributed by atoms with Crippen LogP contribution in [0, 0.1) is 5.41 Å². The SMILES string of the molecule is CCC(CC)(CN)CNCc1cccs1. The smallest absolute Gasteiger partial charge is 0.0299 e. The molecule has 0 spiro atoms. The van der Waals surface area contributed by atoms with Gasteiger partial charge in [-0.3, -0.25) is 0 Å². The van der Waals surface area contributed by atoms with Crippen LogP contribution in [0.25, 0.3) is 0 Å². The molecule has 0 atom stereocenters. The van der Waals surface area contributed by atoms with Crippen LogP contribution in [0.3, 0.4) is 0 Å². The summed E-state index contributed by atoms with van der Waals surface area (Å²) in [4.78, 5) is 1.40. The van der Waals surface area contributed by atoms with Crippen LogP contribution in [0.1, 0.15) is 31.6 Å². The number of nitrogens with one attached hydrogen (secondary N) is 1. The average molecular weight is 226 g/mol. The number of nitrogens with two attached hydrogens (primary N) is 1. The van der Waals surface area contributed by atoms with E-state index in [4.69, 9.17) is 5.73 Å². The van der Waals surface area contributed by atoms with Crippen LogP contribution in [0.2, 0.25) is 0 Å². The Morgan fingerprint density at radius 1 is 1.40 bits per heavy atom. The van der Waals surface area contributed by atoms with Crippen LogP contribution >= 0.6 is 11.3 Å². The molecule has 0 fully saturated rings. The molecule has 1 aromatic heterocycles. The van der Waals surface area contributed by atoms with E-state index < -0.39 is 0 Å². The third-order valence-electron chi connectivity index (χ3n) is 3.31. The summed E-state index contributed by atoms with van der Waals surface area (Å²) in [5.74, 6) is 0. The van der Waals surface area contributed by atoms with E-state index in [-0.39, 0.29) is 5.41 Å². The Labute approximate surface area is 96.9 Å². The maximum atomic E-state index is 5.85. The highest BCUT2D eigenvalue weighted by atomic mass is 32.1. The van der Waals surface area contributed by atoms with Crippen molar-refractivity contribution in [3.05, 3.63) is 22.4 Å². The van der Waals surface area contributed by atoms with E-state index in [1.807, 2.05) is 0 Å². The van der Waals surface area contributed by atoms with Crippen molar-refractivity contribution in [1.82, 2.24) is 5.32 Å². The number of thiophene rings is 1. The molecule has 3 heteroatoms. The second-order valence-corrected chi connectivity index (χ2v) is 5.13. The highest BCUT2D eigenvalue weighted by molar-refractivity contribution is 7.09. The van der Waals surface area contributed by atoms with Crippen molar-refractivity contribution in [3.63, 3.8) is 0 Å². The molecule has 0 aliphatic carbocycles. The monoisotopic (exact) mass is 226 g/mol. The van der Waals surface area contributed by atoms with Crippen LogP contribution in [0.5, 0.6) is 0 Å². The molecule has 1 aromatic rings. The van der Waals surface area contributed by atoms with Crippen molar-refractivity contribution in [2.45, 2.75) is 33.2 Å². The molecule has 0 saturated heterocycles. The number of hydrogen-bond acceptors (Lipinski definition) is 3. The average Bonchev–Trinajstić information content (AvgIpc) is 2.78. The minimum Gasteiger partial charge on any atom is -0.330 e. The van der Waals surface area contributed by atoms with Gasteiger partial charge in [-0.25, -0.2) is 0 Å². The molecule has 0 unspecified atom stereocenters. The largest absolute Gasteiger partial charge is 0.330 e. The highest BCUT2D eigenvalue weighted by Gasteiger charge is 2.23. The standard InChI is InChI=1S/C12H22N2S/c1-3-12(4-2,9-13)10-14-8-11-6-5-7-15-11/h5-7,14H,3-4,8-10,13H2,1-2H3. The third-order valence-corrected chi connectivity index (χ3v) is 4.19. The van der Waals surface area contributed by atoms with Crippen LogP contribution in [0.4, 0.5) is 0 Å². The van der Waals surface area contributed by atoms with Gasteiger partial charge in [0.25, 0.3) is 0 Å². The van der Waals surface area contributed by atoms with E-state index in [9.17, 15) is 0 Å². The fraction of sp³-hybridized carbons (Fsp3) is 0.667. The van der Waals surface area contributed by atoms with Gasteiger partial charge in [-0.2, -0.15) is 0 Å². The van der Waals surface area contributed by atoms with Crippen molar-refractivity contribution in [1.29, 1.82) is 0 Å². The molecular weight excluding hydrogens is 204 g/mol. The van der Waals surface area contributed by atoms with E-state index in [0.717, 1.165) is 32.5 Å². The van der Waals surface area contributed by atoms with Gasteiger partial charge in [0.1, 0.15) is 0 Å². The molecule has 1 rings (SSSR count). The fourth-order valence-electron chi connectivity index (χ4n) is 1.72. The lowest BCUT2D eigenvalue weighted by molar-refractivity contribution is 0.259. The molecule has 3 N–H and O–H groups in total. The van der Waals surface area contributed by atoms with Gasteiger partial charge >= 0.3 is 0 Å². The lowest BCUT2D eigenvalue weighted by Gasteiger charge is -2.30. The molecule has 1 heterocycles. The lowest BCUT2D eigenvalue weighted by atomic mass is 9.82. The molecule has 0 amide bonds. The molecule has 0 aliphatic heterocycles. The zero-order chi connectivity index (χ0) is 11.1. The van der Waals surface area contributed by atoms with Crippen molar-refractivity contribution in [2.75, 3.05) is 13.1 Å². The lowest BCUT2D eigenvalue weighted by Crippen LogP contribution is -2.39. The Balaban J connectivity index is 2.34. The first-order valence-corrected chi connectivity index (χ1v) is 6.57. The third kappa shape index (κ3) is 3.59. The molecular formula is C12H22N2S. The maximum absolute atomic E-state index is 5.85. The molecule has 0 saturated carbocycles. The molecule has 0 aromatic carbocycles. The summed E-state index contributed by atoms with van der Waals surface area (Å²) in [6.07, 6.45) is 2.30. The predicted octanol–water partition coefficient (Wildman–Crippen LogP) is 2.60. The van der Waals surface area contributed by atoms with Gasteiger partial charge in [0.2, 0.25) is 0 Å². The summed E-state index contributed by atoms with van der Waals surface area (Å²) in [5.41, 5.74) is 6.14. The highest BCUT2D eigenvalue weighted by Crippen LogP contribution is 2.23. The molecule has 0 aliphatic rings. The van der Waals surface area contributed by atoms with E-state index in [1.54, 1.807) is 11.3 Å². The molecule has 86 valence electrons. The second-order valence-electron chi connectivity index (χ2n) is 4.09. The van der Waals surface area contributed by atoms with Crippen LogP contribution in [0.15, 0.2) is 17.5 Å². The van der Waals surface area contributed by atoms with Gasteiger partial charge in [0.15, 0.2) is 0 Å². The minimum atomic E-state index is 0.289. The maximum Gasteiger partial charge on any atom is 0.0299 e. The zero-order valence-corrected chi connectivity index (χ0v) is 10.6. The Morgan fingerprint density at radius 2 is 2.13 bits per heavy atom. The molecule has 0 bridgehead atoms. The van der Waals surface area contributed by atoms with E-state index in [1.165, 1.54) is 4.88 Å². The minimum absolute atomic E-state index is 0.289. The predicted molar refractivity (Wildman–Crippen MR) is 68.1 cm³/mol. The Kier molecular flexibility index (Phi) is 5.29. The summed E-state index contributed by atoms with van der Waals surface area (Å²) in [7, 11) is 0. The Morgan fingerprint density at radius 3 is 2.60 bits per heavy atom. The van der Waals surface area contributed by atoms with Gasteiger partial charge in [-0.1, -0.05) is 19.9 Å². The van der Waals surface area contributed by atoms with Crippen LogP contribution < -0.4 is 11.1 Å². The van der Waals surface area contributed by atoms with Crippen LogP contribution in [-0.4, -0.2) is 13.1 Å². The quantitative estimate of drug-likeness (QED) is 0.750. The van der Waals surface area contributed by atoms with Gasteiger partial charge in [0, 0.05) is 18.0 Å². The summed E-state index contributed by atoms with van der Waals surface area (Å²) in [6.45, 7) is 7.22. The molecule has 2 nitrogen and oxygen atoms in total. The topological polar surface area (TPSA) is 38.0 Å². The van der Waals surface area contributed by atoms with E-state index >= 15 is 0 Å². The van der Waals surface area contributed by atoms with Gasteiger partial charge in [0.05, 0.1) is 0 Å². The van der Waals surface area contributed by atoms with E-state index in [2.05, 4.69) is 36.7 Å². The van der Waals surface area contributed by atoms with Gasteiger partial charge in [-0.05, 0) is 36.2 Å². The Hall–Kier alpha value is -0.380. The molecule has 0 radical (unpaired) electrons. The second kappa shape index (κ2) is 6.26. The summed E-state index contributed by atoms with van der Waals surface area (Å²) >= 11 is 1.80.